The highest BCUT2D eigenvalue weighted by Crippen LogP contribution is 2.37. The van der Waals surface area contributed by atoms with Crippen molar-refractivity contribution in [2.24, 2.45) is 5.73 Å². The minimum atomic E-state index is -5.15. The number of aliphatic hydroxyl groups is 6. The van der Waals surface area contributed by atoms with Crippen molar-refractivity contribution in [3.05, 3.63) is 0 Å². The number of nitrogens with two attached hydrogens (primary N) is 1. The Balaban J connectivity index is 1.39. The number of ether oxygens (including phenoxy) is 12. The first-order valence-electron chi connectivity index (χ1n) is 21.4. The van der Waals surface area contributed by atoms with Crippen LogP contribution in [-0.4, -0.2) is 280 Å². The molecule has 0 radical (unpaired) electrons. The number of hydrogen-bond acceptors (Lipinski definition) is 38. The zero-order valence-electron chi connectivity index (χ0n) is 38.6. The zero-order chi connectivity index (χ0) is 55.5. The molecule has 40 nitrogen and oxygen atoms in total. The average molecular weight is 1150 g/mol. The summed E-state index contributed by atoms with van der Waals surface area (Å²) in [5.41, 5.74) is 6.01. The molecule has 0 aromatic heterocycles. The van der Waals surface area contributed by atoms with Gasteiger partial charge < -0.3 is 104 Å². The highest BCUT2D eigenvalue weighted by Gasteiger charge is 2.59. The molecule has 0 spiro atoms. The van der Waals surface area contributed by atoms with Gasteiger partial charge >= 0.3 is 20.8 Å². The molecule has 42 heteroatoms. The number of methoxy groups -OCH3 is 1. The van der Waals surface area contributed by atoms with E-state index >= 15 is 0 Å². The van der Waals surface area contributed by atoms with Gasteiger partial charge in [-0.1, -0.05) is 15.1 Å². The predicted octanol–water partition coefficient (Wildman–Crippen LogP) is -9.63. The van der Waals surface area contributed by atoms with Crippen molar-refractivity contribution >= 4 is 33.7 Å². The number of carbonyl (C=O) groups excluding carboxylic acids is 2. The first kappa shape index (κ1) is 63.4. The van der Waals surface area contributed by atoms with Crippen molar-refractivity contribution in [3.8, 4) is 0 Å². The summed E-state index contributed by atoms with van der Waals surface area (Å²) in [6, 6.07) is -4.49. The molecule has 5 aliphatic rings. The van der Waals surface area contributed by atoms with E-state index in [1.54, 1.807) is 0 Å². The van der Waals surface area contributed by atoms with E-state index < -0.39 is 194 Å². The van der Waals surface area contributed by atoms with Crippen LogP contribution >= 0.6 is 0 Å². The Kier molecular flexibility index (Phi) is 24.2. The normalized spacial score (nSPS) is 42.9. The van der Waals surface area contributed by atoms with E-state index in [0.717, 1.165) is 7.11 Å². The maximum absolute atomic E-state index is 11.8. The van der Waals surface area contributed by atoms with Crippen LogP contribution in [0.3, 0.4) is 0 Å². The third-order valence-electron chi connectivity index (χ3n) is 11.8. The van der Waals surface area contributed by atoms with Crippen molar-refractivity contribution < 1.29 is 177 Å². The van der Waals surface area contributed by atoms with E-state index in [1.807, 2.05) is 0 Å². The van der Waals surface area contributed by atoms with Gasteiger partial charge in [0.25, 0.3) is 12.9 Å². The summed E-state index contributed by atoms with van der Waals surface area (Å²) in [6.07, 6.45) is -43.4. The molecular weight excluding hydrogens is 1090 g/mol. The Morgan fingerprint density at radius 3 is 1.51 bits per heavy atom. The van der Waals surface area contributed by atoms with Gasteiger partial charge in [-0.2, -0.15) is 26.6 Å². The molecule has 5 rings (SSSR count). The fraction of sp³-hybridized carbons (Fsp3) is 0.939. The van der Waals surface area contributed by atoms with Crippen molar-refractivity contribution in [3.63, 3.8) is 0 Å². The molecule has 438 valence electrons. The molecule has 0 amide bonds. The number of nitrogens with one attached hydrogen (secondary N) is 2. The van der Waals surface area contributed by atoms with Gasteiger partial charge in [-0.3, -0.25) is 18.7 Å². The Bertz CT molecular complexity index is 1970. The van der Waals surface area contributed by atoms with Crippen LogP contribution in [0.1, 0.15) is 0 Å². The van der Waals surface area contributed by atoms with Gasteiger partial charge in [0, 0.05) is 7.11 Å². The number of hydrogen-bond donors (Lipinski definition) is 14. The van der Waals surface area contributed by atoms with Crippen molar-refractivity contribution in [2.45, 2.75) is 154 Å². The summed E-state index contributed by atoms with van der Waals surface area (Å²) in [4.78, 5) is 38.1. The molecule has 15 N–H and O–H groups in total. The Labute approximate surface area is 421 Å². The lowest BCUT2D eigenvalue weighted by Gasteiger charge is -2.50. The Hall–Kier alpha value is -2.44. The van der Waals surface area contributed by atoms with Crippen LogP contribution < -0.4 is 16.4 Å². The molecule has 5 saturated heterocycles. The van der Waals surface area contributed by atoms with Crippen molar-refractivity contribution in [1.29, 1.82) is 0 Å². The standard InChI is InChI=1S/C33H57N3O37S2/c1-35-13-17(41)15(39)9(5-58-74(48,49)50)60-28(13)65-24-18(42)19(43)30(67-31(24)55-7-37)64-22-10(4-57-71-45)62-29(14(36-2)23(22)69-72-46)66-25-20(44)26(70-73-47)33(68-32(25)56-8-38)63-21-11(6-59-75(51,52)53)61-27(54-3)12(34)16(21)40/h7-33,35-36,39-47H,4-6,34H2,1-3H3,(H,48,49,50)(H,51,52,53)/t9?,10?,11?,12?,13?,14?,15-,16-,17-,18-,19?,20-,21-,22-,23-,24+,25?,26+,27+,28-,29+,30-,31?,32?,33?/m1/s1. The maximum Gasteiger partial charge on any atom is 0.397 e. The van der Waals surface area contributed by atoms with E-state index in [2.05, 4.69) is 39.0 Å². The van der Waals surface area contributed by atoms with E-state index in [1.165, 1.54) is 14.1 Å². The van der Waals surface area contributed by atoms with Gasteiger partial charge in [0.2, 0.25) is 12.6 Å². The van der Waals surface area contributed by atoms with Crippen LogP contribution in [0.4, 0.5) is 0 Å². The van der Waals surface area contributed by atoms with E-state index in [-0.39, 0.29) is 12.9 Å². The van der Waals surface area contributed by atoms with E-state index in [9.17, 15) is 72.1 Å². The fourth-order valence-electron chi connectivity index (χ4n) is 8.35. The second kappa shape index (κ2) is 28.6. The molecule has 0 aliphatic carbocycles. The van der Waals surface area contributed by atoms with Crippen molar-refractivity contribution in [1.82, 2.24) is 10.6 Å². The second-order valence-corrected chi connectivity index (χ2v) is 18.4. The minimum Gasteiger partial charge on any atom is -0.435 e. The van der Waals surface area contributed by atoms with Gasteiger partial charge in [0.1, 0.15) is 79.9 Å². The Morgan fingerprint density at radius 1 is 0.493 bits per heavy atom. The SMILES string of the molecule is CNC1[C@@H](O[C@@H]2C(OC=O)O[C@@H](O[C@@H]3C(COOO)O[C@@H](OC4C(OC=O)OC(O[C@@H]5C(COS(=O)(=O)O)O[C@H](OC)C(N)[C@H]5O)[C@@H](OOO)[C@@H]4O)C(NC)[C@H]3OOO)C(O)[C@H]2O)OC(COS(=O)(=O)O)[C@@H](O)[C@@H]1O. The van der Waals surface area contributed by atoms with E-state index in [0.29, 0.717) is 0 Å². The van der Waals surface area contributed by atoms with Crippen LogP contribution in [0, 0.1) is 0 Å². The lowest BCUT2D eigenvalue weighted by Crippen LogP contribution is -2.70. The second-order valence-electron chi connectivity index (χ2n) is 16.2. The smallest absolute Gasteiger partial charge is 0.397 e. The van der Waals surface area contributed by atoms with Gasteiger partial charge in [-0.15, -0.1) is 0 Å². The fourth-order valence-corrected chi connectivity index (χ4v) is 8.96. The van der Waals surface area contributed by atoms with Crippen LogP contribution in [0.5, 0.6) is 0 Å². The lowest BCUT2D eigenvalue weighted by molar-refractivity contribution is -0.541. The molecule has 25 atom stereocenters. The van der Waals surface area contributed by atoms with E-state index in [4.69, 9.17) is 82.2 Å². The number of carbonyl (C=O) groups is 2. The highest BCUT2D eigenvalue weighted by atomic mass is 32.3. The summed E-state index contributed by atoms with van der Waals surface area (Å²) in [5.74, 6) is 0. The zero-order valence-corrected chi connectivity index (χ0v) is 40.3. The van der Waals surface area contributed by atoms with Gasteiger partial charge in [0.15, 0.2) is 49.8 Å². The summed E-state index contributed by atoms with van der Waals surface area (Å²) in [6.45, 7) is -3.54. The first-order chi connectivity index (χ1) is 35.5. The third kappa shape index (κ3) is 15.9. The molecule has 5 heterocycles. The monoisotopic (exact) mass is 1150 g/mol. The van der Waals surface area contributed by atoms with Crippen molar-refractivity contribution in [2.75, 3.05) is 41.0 Å². The summed E-state index contributed by atoms with van der Waals surface area (Å²) < 4.78 is 139. The largest absolute Gasteiger partial charge is 0.435 e. The molecule has 75 heavy (non-hydrogen) atoms. The lowest BCUT2D eigenvalue weighted by atomic mass is 9.95. The summed E-state index contributed by atoms with van der Waals surface area (Å²) in [7, 11) is -6.68. The first-order valence-corrected chi connectivity index (χ1v) is 24.1. The van der Waals surface area contributed by atoms with Gasteiger partial charge in [0.05, 0.1) is 31.3 Å². The molecule has 5 aliphatic heterocycles. The Morgan fingerprint density at radius 2 is 0.973 bits per heavy atom. The maximum atomic E-state index is 11.8. The van der Waals surface area contributed by atoms with Crippen LogP contribution in [-0.2, 0) is 125 Å². The van der Waals surface area contributed by atoms with Crippen LogP contribution in [0.2, 0.25) is 0 Å². The summed E-state index contributed by atoms with van der Waals surface area (Å²) >= 11 is 0. The summed E-state index contributed by atoms with van der Waals surface area (Å²) in [5, 5.41) is 112. The van der Waals surface area contributed by atoms with Crippen LogP contribution in [0.15, 0.2) is 0 Å². The molecule has 5 fully saturated rings. The topological polar surface area (TPSA) is 560 Å². The molecular formula is C33H57N3O37S2. The average Bonchev–Trinajstić information content (AvgIpc) is 3.35. The number of likely N-dealkylation sites (N-methyl/N-ethyl adjacent to an activating group) is 2. The van der Waals surface area contributed by atoms with Gasteiger partial charge in [-0.25, -0.2) is 29.0 Å². The molecule has 0 saturated carbocycles. The van der Waals surface area contributed by atoms with Crippen LogP contribution in [0.25, 0.3) is 0 Å². The highest BCUT2D eigenvalue weighted by molar-refractivity contribution is 7.81. The molecule has 0 aromatic rings. The molecule has 11 unspecified atom stereocenters. The number of rotatable bonds is 28. The van der Waals surface area contributed by atoms with Gasteiger partial charge in [-0.05, 0) is 14.1 Å². The minimum absolute atomic E-state index is 0.203. The molecule has 0 bridgehead atoms. The molecule has 0 aromatic carbocycles. The quantitative estimate of drug-likeness (QED) is 0.0150. The third-order valence-corrected chi connectivity index (χ3v) is 12.7. The predicted molar refractivity (Wildman–Crippen MR) is 216 cm³/mol. The number of aliphatic hydroxyl groups excluding tert-OH is 6.